The lowest BCUT2D eigenvalue weighted by molar-refractivity contribution is 0.0722. The fourth-order valence-corrected chi connectivity index (χ4v) is 3.70. The summed E-state index contributed by atoms with van der Waals surface area (Å²) in [6.07, 6.45) is 7.65. The van der Waals surface area contributed by atoms with Gasteiger partial charge < -0.3 is 10.1 Å². The van der Waals surface area contributed by atoms with E-state index in [1.54, 1.807) is 0 Å². The van der Waals surface area contributed by atoms with Crippen LogP contribution in [0.2, 0.25) is 0 Å². The van der Waals surface area contributed by atoms with E-state index < -0.39 is 0 Å². The molecule has 2 nitrogen and oxygen atoms in total. The summed E-state index contributed by atoms with van der Waals surface area (Å²) in [6.45, 7) is 2.17. The molecule has 0 aromatic carbocycles. The van der Waals surface area contributed by atoms with Crippen LogP contribution in [0.15, 0.2) is 0 Å². The SMILES string of the molecule is CNC(CC1CC2CCC1C2)C(C)OC. The Morgan fingerprint density at radius 3 is 2.60 bits per heavy atom. The summed E-state index contributed by atoms with van der Waals surface area (Å²) in [5.41, 5.74) is 0. The van der Waals surface area contributed by atoms with Gasteiger partial charge in [-0.3, -0.25) is 0 Å². The molecule has 2 fully saturated rings. The van der Waals surface area contributed by atoms with Gasteiger partial charge in [-0.1, -0.05) is 6.42 Å². The molecule has 2 aliphatic carbocycles. The van der Waals surface area contributed by atoms with E-state index in [4.69, 9.17) is 4.74 Å². The molecule has 0 saturated heterocycles. The maximum Gasteiger partial charge on any atom is 0.0696 e. The van der Waals surface area contributed by atoms with Gasteiger partial charge in [0.2, 0.25) is 0 Å². The van der Waals surface area contributed by atoms with Crippen molar-refractivity contribution in [3.05, 3.63) is 0 Å². The molecule has 2 heteroatoms. The van der Waals surface area contributed by atoms with Crippen molar-refractivity contribution in [1.82, 2.24) is 5.32 Å². The minimum atomic E-state index is 0.342. The predicted molar refractivity (Wildman–Crippen MR) is 62.9 cm³/mol. The van der Waals surface area contributed by atoms with Gasteiger partial charge in [-0.25, -0.2) is 0 Å². The van der Waals surface area contributed by atoms with Gasteiger partial charge in [-0.05, 0) is 57.4 Å². The molecule has 2 rings (SSSR count). The lowest BCUT2D eigenvalue weighted by Crippen LogP contribution is -2.39. The maximum absolute atomic E-state index is 5.43. The second-order valence-corrected chi connectivity index (χ2v) is 5.51. The molecule has 0 aliphatic heterocycles. The molecule has 2 bridgehead atoms. The molecule has 0 amide bonds. The third-order valence-electron chi connectivity index (χ3n) is 4.75. The van der Waals surface area contributed by atoms with Crippen LogP contribution in [0.5, 0.6) is 0 Å². The molecule has 0 aromatic rings. The molecular formula is C13H25NO. The highest BCUT2D eigenvalue weighted by Gasteiger charge is 2.40. The third kappa shape index (κ3) is 2.36. The van der Waals surface area contributed by atoms with E-state index in [2.05, 4.69) is 19.3 Å². The van der Waals surface area contributed by atoms with Crippen LogP contribution in [-0.4, -0.2) is 26.3 Å². The molecule has 2 saturated carbocycles. The summed E-state index contributed by atoms with van der Waals surface area (Å²) in [5, 5.41) is 3.41. The van der Waals surface area contributed by atoms with Crippen molar-refractivity contribution in [2.24, 2.45) is 17.8 Å². The fourth-order valence-electron chi connectivity index (χ4n) is 3.70. The lowest BCUT2D eigenvalue weighted by atomic mass is 9.83. The van der Waals surface area contributed by atoms with Gasteiger partial charge in [-0.2, -0.15) is 0 Å². The number of methoxy groups -OCH3 is 1. The Hall–Kier alpha value is -0.0800. The van der Waals surface area contributed by atoms with Gasteiger partial charge in [0.25, 0.3) is 0 Å². The molecule has 0 spiro atoms. The molecule has 5 atom stereocenters. The minimum absolute atomic E-state index is 0.342. The molecule has 0 heterocycles. The molecule has 0 aromatic heterocycles. The summed E-state index contributed by atoms with van der Waals surface area (Å²) in [6, 6.07) is 0.541. The standard InChI is InChI=1S/C13H25NO/c1-9(15-3)13(14-2)8-12-7-10-4-5-11(12)6-10/h9-14H,4-8H2,1-3H3. The number of likely N-dealkylation sites (N-methyl/N-ethyl adjacent to an activating group) is 1. The van der Waals surface area contributed by atoms with Gasteiger partial charge in [0, 0.05) is 13.2 Å². The average Bonchev–Trinajstić information content (AvgIpc) is 2.86. The van der Waals surface area contributed by atoms with E-state index in [1.165, 1.54) is 32.1 Å². The van der Waals surface area contributed by atoms with Gasteiger partial charge in [0.15, 0.2) is 0 Å². The van der Waals surface area contributed by atoms with E-state index >= 15 is 0 Å². The lowest BCUT2D eigenvalue weighted by Gasteiger charge is -2.29. The van der Waals surface area contributed by atoms with Crippen LogP contribution < -0.4 is 5.32 Å². The zero-order valence-electron chi connectivity index (χ0n) is 10.3. The Labute approximate surface area is 93.8 Å². The Morgan fingerprint density at radius 2 is 2.13 bits per heavy atom. The molecule has 5 unspecified atom stereocenters. The highest BCUT2D eigenvalue weighted by atomic mass is 16.5. The van der Waals surface area contributed by atoms with Gasteiger partial charge in [0.1, 0.15) is 0 Å². The number of hydrogen-bond donors (Lipinski definition) is 1. The van der Waals surface area contributed by atoms with Crippen molar-refractivity contribution in [2.45, 2.75) is 51.2 Å². The summed E-state index contributed by atoms with van der Waals surface area (Å²) in [5.74, 6) is 3.07. The van der Waals surface area contributed by atoms with Crippen LogP contribution in [0.25, 0.3) is 0 Å². The van der Waals surface area contributed by atoms with Crippen LogP contribution in [0.3, 0.4) is 0 Å². The van der Waals surface area contributed by atoms with Crippen molar-refractivity contribution in [3.8, 4) is 0 Å². The number of nitrogens with one attached hydrogen (secondary N) is 1. The number of hydrogen-bond acceptors (Lipinski definition) is 2. The topological polar surface area (TPSA) is 21.3 Å². The molecule has 2 aliphatic rings. The van der Waals surface area contributed by atoms with E-state index in [-0.39, 0.29) is 0 Å². The Morgan fingerprint density at radius 1 is 1.33 bits per heavy atom. The summed E-state index contributed by atoms with van der Waals surface area (Å²) < 4.78 is 5.43. The molecular weight excluding hydrogens is 186 g/mol. The van der Waals surface area contributed by atoms with Crippen molar-refractivity contribution in [3.63, 3.8) is 0 Å². The van der Waals surface area contributed by atoms with Crippen molar-refractivity contribution < 1.29 is 4.74 Å². The first kappa shape index (κ1) is 11.4. The van der Waals surface area contributed by atoms with Crippen molar-refractivity contribution >= 4 is 0 Å². The van der Waals surface area contributed by atoms with Crippen LogP contribution in [-0.2, 0) is 4.74 Å². The molecule has 1 N–H and O–H groups in total. The Balaban J connectivity index is 1.84. The van der Waals surface area contributed by atoms with E-state index in [9.17, 15) is 0 Å². The van der Waals surface area contributed by atoms with Gasteiger partial charge in [0.05, 0.1) is 6.10 Å². The van der Waals surface area contributed by atoms with Crippen LogP contribution >= 0.6 is 0 Å². The zero-order valence-corrected chi connectivity index (χ0v) is 10.3. The van der Waals surface area contributed by atoms with Gasteiger partial charge in [-0.15, -0.1) is 0 Å². The van der Waals surface area contributed by atoms with Gasteiger partial charge >= 0.3 is 0 Å². The first-order valence-electron chi connectivity index (χ1n) is 6.44. The molecule has 15 heavy (non-hydrogen) atoms. The van der Waals surface area contributed by atoms with E-state index in [1.807, 2.05) is 7.11 Å². The monoisotopic (exact) mass is 211 g/mol. The number of rotatable bonds is 5. The highest BCUT2D eigenvalue weighted by Crippen LogP contribution is 2.49. The normalized spacial score (nSPS) is 38.2. The Kier molecular flexibility index (Phi) is 3.68. The second-order valence-electron chi connectivity index (χ2n) is 5.51. The highest BCUT2D eigenvalue weighted by molar-refractivity contribution is 4.92. The average molecular weight is 211 g/mol. The van der Waals surface area contributed by atoms with Crippen molar-refractivity contribution in [1.29, 1.82) is 0 Å². The fraction of sp³-hybridized carbons (Fsp3) is 1.00. The summed E-state index contributed by atoms with van der Waals surface area (Å²) in [7, 11) is 3.88. The molecule has 0 radical (unpaired) electrons. The first-order chi connectivity index (χ1) is 7.24. The summed E-state index contributed by atoms with van der Waals surface area (Å²) in [4.78, 5) is 0. The maximum atomic E-state index is 5.43. The largest absolute Gasteiger partial charge is 0.380 e. The van der Waals surface area contributed by atoms with E-state index in [0.29, 0.717) is 12.1 Å². The predicted octanol–water partition coefficient (Wildman–Crippen LogP) is 2.44. The zero-order chi connectivity index (χ0) is 10.8. The quantitative estimate of drug-likeness (QED) is 0.754. The number of ether oxygens (including phenoxy) is 1. The second kappa shape index (κ2) is 4.84. The van der Waals surface area contributed by atoms with Crippen LogP contribution in [0, 0.1) is 17.8 Å². The molecule has 88 valence electrons. The van der Waals surface area contributed by atoms with Crippen LogP contribution in [0.4, 0.5) is 0 Å². The van der Waals surface area contributed by atoms with Crippen molar-refractivity contribution in [2.75, 3.05) is 14.2 Å². The first-order valence-corrected chi connectivity index (χ1v) is 6.44. The van der Waals surface area contributed by atoms with Crippen LogP contribution in [0.1, 0.15) is 39.0 Å². The van der Waals surface area contributed by atoms with E-state index in [0.717, 1.165) is 17.8 Å². The number of fused-ring (bicyclic) bond motifs is 2. The summed E-state index contributed by atoms with van der Waals surface area (Å²) >= 11 is 0. The smallest absolute Gasteiger partial charge is 0.0696 e. The Bertz CT molecular complexity index is 207. The minimum Gasteiger partial charge on any atom is -0.380 e. The third-order valence-corrected chi connectivity index (χ3v) is 4.75.